The molecule has 1 heterocycles. The maximum Gasteiger partial charge on any atom is 0.175 e. The Morgan fingerprint density at radius 1 is 1.26 bits per heavy atom. The molecule has 1 aromatic carbocycles. The van der Waals surface area contributed by atoms with Crippen LogP contribution in [-0.2, 0) is 6.54 Å². The Balaban J connectivity index is 2.15. The van der Waals surface area contributed by atoms with Crippen molar-refractivity contribution in [3.8, 4) is 11.5 Å². The molecule has 2 aromatic rings. The first-order valence-electron chi connectivity index (χ1n) is 6.10. The summed E-state index contributed by atoms with van der Waals surface area (Å²) in [4.78, 5) is 0. The van der Waals surface area contributed by atoms with Crippen LogP contribution < -0.4 is 14.9 Å². The lowest BCUT2D eigenvalue weighted by Gasteiger charge is -2.14. The number of aromatic nitrogens is 1. The zero-order valence-corrected chi connectivity index (χ0v) is 12.6. The molecule has 4 nitrogen and oxygen atoms in total. The van der Waals surface area contributed by atoms with Gasteiger partial charge < -0.3 is 14.9 Å². The van der Waals surface area contributed by atoms with E-state index in [1.165, 1.54) is 0 Å². The van der Waals surface area contributed by atoms with Crippen LogP contribution >= 0.6 is 15.9 Å². The topological polar surface area (TPSA) is 35.4 Å². The van der Waals surface area contributed by atoms with E-state index in [1.807, 2.05) is 48.3 Å². The second-order valence-corrected chi connectivity index (χ2v) is 4.82. The lowest BCUT2D eigenvalue weighted by atomic mass is 10.2. The van der Waals surface area contributed by atoms with Gasteiger partial charge in [0, 0.05) is 12.4 Å². The minimum absolute atomic E-state index is 0.607. The molecule has 0 bridgehead atoms. The van der Waals surface area contributed by atoms with Crippen LogP contribution in [0, 0.1) is 0 Å². The number of hydrogen-bond donors (Lipinski definition) is 1. The van der Waals surface area contributed by atoms with Crippen LogP contribution in [0.2, 0.25) is 0 Å². The predicted octanol–water partition coefficient (Wildman–Crippen LogP) is 3.40. The molecule has 0 aliphatic carbocycles. The SMILES string of the molecule is CCOc1c(Br)cc(CNn2cccc2)cc1OC. The highest BCUT2D eigenvalue weighted by Gasteiger charge is 2.11. The summed E-state index contributed by atoms with van der Waals surface area (Å²) in [7, 11) is 1.65. The highest BCUT2D eigenvalue weighted by molar-refractivity contribution is 9.10. The number of methoxy groups -OCH3 is 1. The summed E-state index contributed by atoms with van der Waals surface area (Å²) in [5.74, 6) is 1.48. The fourth-order valence-electron chi connectivity index (χ4n) is 1.78. The van der Waals surface area contributed by atoms with Crippen LogP contribution in [0.1, 0.15) is 12.5 Å². The van der Waals surface area contributed by atoms with Crippen molar-refractivity contribution >= 4 is 15.9 Å². The van der Waals surface area contributed by atoms with E-state index in [0.29, 0.717) is 13.2 Å². The summed E-state index contributed by atoms with van der Waals surface area (Å²) in [6.45, 7) is 3.26. The van der Waals surface area contributed by atoms with Gasteiger partial charge in [0.2, 0.25) is 0 Å². The van der Waals surface area contributed by atoms with Gasteiger partial charge >= 0.3 is 0 Å². The third-order valence-corrected chi connectivity index (χ3v) is 3.24. The monoisotopic (exact) mass is 324 g/mol. The fraction of sp³-hybridized carbons (Fsp3) is 0.286. The zero-order chi connectivity index (χ0) is 13.7. The van der Waals surface area contributed by atoms with E-state index in [-0.39, 0.29) is 0 Å². The van der Waals surface area contributed by atoms with E-state index in [1.54, 1.807) is 7.11 Å². The number of ether oxygens (including phenoxy) is 2. The van der Waals surface area contributed by atoms with Gasteiger partial charge in [-0.1, -0.05) is 0 Å². The molecule has 1 aromatic heterocycles. The van der Waals surface area contributed by atoms with Crippen LogP contribution in [0.3, 0.4) is 0 Å². The van der Waals surface area contributed by atoms with Gasteiger partial charge in [-0.2, -0.15) is 0 Å². The van der Waals surface area contributed by atoms with E-state index < -0.39 is 0 Å². The van der Waals surface area contributed by atoms with Crippen molar-refractivity contribution in [2.45, 2.75) is 13.5 Å². The molecule has 0 amide bonds. The molecular formula is C14H17BrN2O2. The molecule has 1 N–H and O–H groups in total. The third kappa shape index (κ3) is 3.44. The predicted molar refractivity (Wildman–Crippen MR) is 79.4 cm³/mol. The molecule has 0 aliphatic rings. The quantitative estimate of drug-likeness (QED) is 0.884. The lowest BCUT2D eigenvalue weighted by Crippen LogP contribution is -2.12. The fourth-order valence-corrected chi connectivity index (χ4v) is 2.39. The molecule has 2 rings (SSSR count). The molecule has 0 saturated carbocycles. The average molecular weight is 325 g/mol. The Kier molecular flexibility index (Phi) is 4.74. The molecule has 0 radical (unpaired) electrons. The molecule has 0 aliphatic heterocycles. The molecular weight excluding hydrogens is 308 g/mol. The Morgan fingerprint density at radius 3 is 2.63 bits per heavy atom. The summed E-state index contributed by atoms with van der Waals surface area (Å²) in [6.07, 6.45) is 3.92. The van der Waals surface area contributed by atoms with E-state index in [4.69, 9.17) is 9.47 Å². The van der Waals surface area contributed by atoms with Gasteiger partial charge in [0.1, 0.15) is 0 Å². The molecule has 0 atom stereocenters. The van der Waals surface area contributed by atoms with Crippen molar-refractivity contribution in [2.24, 2.45) is 0 Å². The lowest BCUT2D eigenvalue weighted by molar-refractivity contribution is 0.308. The number of halogens is 1. The van der Waals surface area contributed by atoms with Crippen LogP contribution in [0.5, 0.6) is 11.5 Å². The second-order valence-electron chi connectivity index (χ2n) is 3.97. The average Bonchev–Trinajstić information content (AvgIpc) is 2.92. The maximum absolute atomic E-state index is 5.57. The van der Waals surface area contributed by atoms with Crippen molar-refractivity contribution in [3.05, 3.63) is 46.7 Å². The summed E-state index contributed by atoms with van der Waals surface area (Å²) in [5.41, 5.74) is 4.38. The smallest absolute Gasteiger partial charge is 0.175 e. The summed E-state index contributed by atoms with van der Waals surface area (Å²) in [5, 5.41) is 0. The van der Waals surface area contributed by atoms with Crippen LogP contribution in [0.4, 0.5) is 0 Å². The number of hydrogen-bond acceptors (Lipinski definition) is 3. The maximum atomic E-state index is 5.57. The zero-order valence-electron chi connectivity index (χ0n) is 11.0. The van der Waals surface area contributed by atoms with Crippen LogP contribution in [-0.4, -0.2) is 18.4 Å². The number of nitrogens with one attached hydrogen (secondary N) is 1. The highest BCUT2D eigenvalue weighted by atomic mass is 79.9. The van der Waals surface area contributed by atoms with Gasteiger partial charge in [-0.3, -0.25) is 4.68 Å². The van der Waals surface area contributed by atoms with Gasteiger partial charge in [-0.05, 0) is 52.7 Å². The third-order valence-electron chi connectivity index (χ3n) is 2.65. The van der Waals surface area contributed by atoms with Gasteiger partial charge in [0.05, 0.1) is 24.7 Å². The number of nitrogens with zero attached hydrogens (tertiary/aromatic N) is 1. The van der Waals surface area contributed by atoms with E-state index in [9.17, 15) is 0 Å². The first kappa shape index (κ1) is 13.8. The highest BCUT2D eigenvalue weighted by Crippen LogP contribution is 2.36. The molecule has 5 heteroatoms. The normalized spacial score (nSPS) is 10.3. The van der Waals surface area contributed by atoms with Crippen LogP contribution in [0.25, 0.3) is 0 Å². The standard InChI is InChI=1S/C14H17BrN2O2/c1-3-19-14-12(15)8-11(9-13(14)18-2)10-16-17-6-4-5-7-17/h4-9,16H,3,10H2,1-2H3. The number of benzene rings is 1. The van der Waals surface area contributed by atoms with Crippen molar-refractivity contribution in [2.75, 3.05) is 19.1 Å². The molecule has 0 saturated heterocycles. The van der Waals surface area contributed by atoms with E-state index in [0.717, 1.165) is 21.5 Å². The number of rotatable bonds is 6. The van der Waals surface area contributed by atoms with Gasteiger partial charge in [-0.25, -0.2) is 0 Å². The Labute approximate surface area is 121 Å². The first-order chi connectivity index (χ1) is 9.24. The molecule has 102 valence electrons. The van der Waals surface area contributed by atoms with Gasteiger partial charge in [0.15, 0.2) is 11.5 Å². The van der Waals surface area contributed by atoms with Crippen molar-refractivity contribution < 1.29 is 9.47 Å². The van der Waals surface area contributed by atoms with Gasteiger partial charge in [0.25, 0.3) is 0 Å². The Hall–Kier alpha value is -1.62. The van der Waals surface area contributed by atoms with E-state index in [2.05, 4.69) is 21.4 Å². The minimum Gasteiger partial charge on any atom is -0.493 e. The first-order valence-corrected chi connectivity index (χ1v) is 6.90. The van der Waals surface area contributed by atoms with Crippen molar-refractivity contribution in [1.29, 1.82) is 0 Å². The molecule has 19 heavy (non-hydrogen) atoms. The second kappa shape index (κ2) is 6.52. The molecule has 0 unspecified atom stereocenters. The molecule has 0 spiro atoms. The summed E-state index contributed by atoms with van der Waals surface area (Å²) < 4.78 is 13.7. The van der Waals surface area contributed by atoms with Crippen molar-refractivity contribution in [3.63, 3.8) is 0 Å². The molecule has 0 fully saturated rings. The Bertz CT molecular complexity index is 526. The summed E-state index contributed by atoms with van der Waals surface area (Å²) >= 11 is 3.52. The van der Waals surface area contributed by atoms with Crippen molar-refractivity contribution in [1.82, 2.24) is 4.68 Å². The van der Waals surface area contributed by atoms with Crippen LogP contribution in [0.15, 0.2) is 41.1 Å². The Morgan fingerprint density at radius 2 is 2.00 bits per heavy atom. The van der Waals surface area contributed by atoms with Gasteiger partial charge in [-0.15, -0.1) is 0 Å². The minimum atomic E-state index is 0.607. The van der Waals surface area contributed by atoms with E-state index >= 15 is 0 Å². The largest absolute Gasteiger partial charge is 0.493 e. The summed E-state index contributed by atoms with van der Waals surface area (Å²) in [6, 6.07) is 7.96.